The molecule has 21 heavy (non-hydrogen) atoms. The van der Waals surface area contributed by atoms with Gasteiger partial charge in [0.25, 0.3) is 11.8 Å². The van der Waals surface area contributed by atoms with E-state index in [9.17, 15) is 9.59 Å². The van der Waals surface area contributed by atoms with Gasteiger partial charge in [-0.1, -0.05) is 0 Å². The number of rotatable bonds is 7. The van der Waals surface area contributed by atoms with Crippen molar-refractivity contribution in [1.82, 2.24) is 9.80 Å². The van der Waals surface area contributed by atoms with E-state index in [2.05, 4.69) is 0 Å². The molecule has 0 aliphatic heterocycles. The zero-order valence-electron chi connectivity index (χ0n) is 13.4. The fourth-order valence-electron chi connectivity index (χ4n) is 2.10. The van der Waals surface area contributed by atoms with E-state index in [1.54, 1.807) is 9.80 Å². The van der Waals surface area contributed by atoms with E-state index in [1.807, 2.05) is 40.0 Å². The Morgan fingerprint density at radius 1 is 1.00 bits per heavy atom. The molecule has 1 aromatic rings. The number of hydrogen-bond donors (Lipinski definition) is 0. The normalized spacial score (nSPS) is 10.5. The smallest absolute Gasteiger partial charge is 0.265 e. The van der Waals surface area contributed by atoms with Crippen molar-refractivity contribution >= 4 is 34.9 Å². The van der Waals surface area contributed by atoms with E-state index in [1.165, 1.54) is 23.1 Å². The lowest BCUT2D eigenvalue weighted by molar-refractivity contribution is 0.0769. The second-order valence-electron chi connectivity index (χ2n) is 4.46. The zero-order chi connectivity index (χ0) is 16.0. The van der Waals surface area contributed by atoms with Gasteiger partial charge < -0.3 is 9.80 Å². The van der Waals surface area contributed by atoms with E-state index >= 15 is 0 Å². The molecule has 0 spiro atoms. The maximum absolute atomic E-state index is 12.5. The molecule has 1 heterocycles. The maximum Gasteiger partial charge on any atom is 0.265 e. The van der Waals surface area contributed by atoms with Gasteiger partial charge in [0.15, 0.2) is 0 Å². The molecule has 0 fully saturated rings. The first-order valence-electron chi connectivity index (χ1n) is 7.30. The molecule has 6 heteroatoms. The van der Waals surface area contributed by atoms with Crippen LogP contribution in [-0.2, 0) is 0 Å². The topological polar surface area (TPSA) is 40.6 Å². The Morgan fingerprint density at radius 3 is 1.90 bits per heavy atom. The molecule has 0 saturated carbocycles. The largest absolute Gasteiger partial charge is 0.339 e. The Morgan fingerprint density at radius 2 is 1.48 bits per heavy atom. The van der Waals surface area contributed by atoms with Gasteiger partial charge in [0.1, 0.15) is 4.88 Å². The molecule has 2 amide bonds. The summed E-state index contributed by atoms with van der Waals surface area (Å²) < 4.78 is 0. The van der Waals surface area contributed by atoms with Gasteiger partial charge >= 0.3 is 0 Å². The number of hydrogen-bond acceptors (Lipinski definition) is 4. The number of thiophene rings is 1. The molecule has 118 valence electrons. The van der Waals surface area contributed by atoms with Crippen LogP contribution in [0.4, 0.5) is 0 Å². The van der Waals surface area contributed by atoms with Crippen LogP contribution in [0.15, 0.2) is 11.0 Å². The molecular formula is C15H24N2O2S2. The van der Waals surface area contributed by atoms with Crippen LogP contribution < -0.4 is 0 Å². The van der Waals surface area contributed by atoms with E-state index in [0.29, 0.717) is 35.9 Å². The molecule has 0 aliphatic rings. The predicted octanol–water partition coefficient (Wildman–Crippen LogP) is 3.43. The van der Waals surface area contributed by atoms with Crippen LogP contribution in [0.2, 0.25) is 0 Å². The van der Waals surface area contributed by atoms with Crippen molar-refractivity contribution in [2.24, 2.45) is 0 Å². The van der Waals surface area contributed by atoms with Crippen molar-refractivity contribution in [3.8, 4) is 0 Å². The van der Waals surface area contributed by atoms with Crippen LogP contribution in [0.5, 0.6) is 0 Å². The van der Waals surface area contributed by atoms with Crippen LogP contribution in [-0.4, -0.2) is 54.0 Å². The maximum atomic E-state index is 12.5. The lowest BCUT2D eigenvalue weighted by Gasteiger charge is -2.18. The van der Waals surface area contributed by atoms with E-state index < -0.39 is 0 Å². The molecule has 0 aromatic carbocycles. The SMILES string of the molecule is CCN(CC)C(=O)c1cc(SC)c(C(=O)N(CC)CC)s1. The number of amides is 2. The Labute approximate surface area is 135 Å². The van der Waals surface area contributed by atoms with Gasteiger partial charge in [0.05, 0.1) is 4.88 Å². The highest BCUT2D eigenvalue weighted by molar-refractivity contribution is 7.98. The third kappa shape index (κ3) is 4.01. The minimum absolute atomic E-state index is 0.0129. The summed E-state index contributed by atoms with van der Waals surface area (Å²) in [6.45, 7) is 10.6. The number of carbonyl (C=O) groups excluding carboxylic acids is 2. The average molecular weight is 329 g/mol. The molecule has 0 aliphatic carbocycles. The van der Waals surface area contributed by atoms with Crippen molar-refractivity contribution in [3.05, 3.63) is 15.8 Å². The molecule has 0 bridgehead atoms. The molecular weight excluding hydrogens is 304 g/mol. The zero-order valence-corrected chi connectivity index (χ0v) is 15.1. The average Bonchev–Trinajstić information content (AvgIpc) is 2.93. The third-order valence-corrected chi connectivity index (χ3v) is 5.43. The molecule has 0 N–H and O–H groups in total. The van der Waals surface area contributed by atoms with Gasteiger partial charge in [-0.25, -0.2) is 0 Å². The lowest BCUT2D eigenvalue weighted by atomic mass is 10.3. The van der Waals surface area contributed by atoms with Gasteiger partial charge in [-0.3, -0.25) is 9.59 Å². The van der Waals surface area contributed by atoms with Crippen LogP contribution in [0.3, 0.4) is 0 Å². The number of thioether (sulfide) groups is 1. The molecule has 1 aromatic heterocycles. The van der Waals surface area contributed by atoms with E-state index in [4.69, 9.17) is 0 Å². The highest BCUT2D eigenvalue weighted by Crippen LogP contribution is 2.31. The fourth-order valence-corrected chi connectivity index (χ4v) is 4.05. The summed E-state index contributed by atoms with van der Waals surface area (Å²) in [4.78, 5) is 30.7. The Balaban J connectivity index is 3.13. The Hall–Kier alpha value is -1.01. The second-order valence-corrected chi connectivity index (χ2v) is 6.36. The molecule has 0 unspecified atom stereocenters. The van der Waals surface area contributed by atoms with E-state index in [-0.39, 0.29) is 11.8 Å². The fraction of sp³-hybridized carbons (Fsp3) is 0.600. The lowest BCUT2D eigenvalue weighted by Crippen LogP contribution is -2.30. The van der Waals surface area contributed by atoms with Crippen molar-refractivity contribution in [1.29, 1.82) is 0 Å². The third-order valence-electron chi connectivity index (χ3n) is 3.42. The quantitative estimate of drug-likeness (QED) is 0.720. The van der Waals surface area contributed by atoms with Gasteiger partial charge in [-0.15, -0.1) is 23.1 Å². The summed E-state index contributed by atoms with van der Waals surface area (Å²) in [6, 6.07) is 1.85. The standard InChI is InChI=1S/C15H24N2O2S2/c1-6-16(7-2)14(18)12-10-11(20-5)13(21-12)15(19)17(8-3)9-4/h10H,6-9H2,1-5H3. The van der Waals surface area contributed by atoms with Crippen LogP contribution >= 0.6 is 23.1 Å². The summed E-state index contributed by atoms with van der Waals surface area (Å²) >= 11 is 2.83. The highest BCUT2D eigenvalue weighted by Gasteiger charge is 2.23. The molecule has 0 atom stereocenters. The van der Waals surface area contributed by atoms with Gasteiger partial charge in [-0.2, -0.15) is 0 Å². The van der Waals surface area contributed by atoms with Gasteiger partial charge in [-0.05, 0) is 40.0 Å². The second kappa shape index (κ2) is 8.44. The minimum atomic E-state index is 0.0129. The first-order valence-corrected chi connectivity index (χ1v) is 9.34. The highest BCUT2D eigenvalue weighted by atomic mass is 32.2. The van der Waals surface area contributed by atoms with Gasteiger partial charge in [0, 0.05) is 31.1 Å². The summed E-state index contributed by atoms with van der Waals surface area (Å²) in [5.41, 5.74) is 0. The van der Waals surface area contributed by atoms with Crippen molar-refractivity contribution < 1.29 is 9.59 Å². The van der Waals surface area contributed by atoms with Crippen LogP contribution in [0, 0.1) is 0 Å². The Bertz CT molecular complexity index is 492. The van der Waals surface area contributed by atoms with Crippen molar-refractivity contribution in [3.63, 3.8) is 0 Å². The Kier molecular flexibility index (Phi) is 7.25. The van der Waals surface area contributed by atoms with Gasteiger partial charge in [0.2, 0.25) is 0 Å². The van der Waals surface area contributed by atoms with Crippen LogP contribution in [0.1, 0.15) is 47.0 Å². The van der Waals surface area contributed by atoms with Crippen LogP contribution in [0.25, 0.3) is 0 Å². The number of nitrogens with zero attached hydrogens (tertiary/aromatic N) is 2. The van der Waals surface area contributed by atoms with E-state index in [0.717, 1.165) is 4.90 Å². The predicted molar refractivity (Wildman–Crippen MR) is 90.6 cm³/mol. The van der Waals surface area contributed by atoms with Crippen molar-refractivity contribution in [2.75, 3.05) is 32.4 Å². The molecule has 0 saturated heterocycles. The first-order chi connectivity index (χ1) is 10.0. The summed E-state index contributed by atoms with van der Waals surface area (Å²) in [6.07, 6.45) is 1.94. The summed E-state index contributed by atoms with van der Waals surface area (Å²) in [5.74, 6) is 0.0341. The molecule has 1 rings (SSSR count). The van der Waals surface area contributed by atoms with Crippen molar-refractivity contribution in [2.45, 2.75) is 32.6 Å². The molecule has 0 radical (unpaired) electrons. The summed E-state index contributed by atoms with van der Waals surface area (Å²) in [7, 11) is 0. The summed E-state index contributed by atoms with van der Waals surface area (Å²) in [5, 5.41) is 0. The minimum Gasteiger partial charge on any atom is -0.339 e. The monoisotopic (exact) mass is 328 g/mol. The molecule has 4 nitrogen and oxygen atoms in total. The first kappa shape index (κ1) is 18.0. The number of carbonyl (C=O) groups is 2.